The van der Waals surface area contributed by atoms with E-state index in [0.29, 0.717) is 4.88 Å². The summed E-state index contributed by atoms with van der Waals surface area (Å²) in [6, 6.07) is 1.88. The van der Waals surface area contributed by atoms with E-state index >= 15 is 0 Å². The van der Waals surface area contributed by atoms with Crippen LogP contribution in [0.15, 0.2) is 6.07 Å². The van der Waals surface area contributed by atoms with Gasteiger partial charge >= 0.3 is 0 Å². The van der Waals surface area contributed by atoms with Gasteiger partial charge in [-0.25, -0.2) is 0 Å². The first kappa shape index (κ1) is 12.2. The average molecular weight is 227 g/mol. The Kier molecular flexibility index (Phi) is 3.52. The molecule has 1 rings (SSSR count). The number of thiophene rings is 1. The van der Waals surface area contributed by atoms with Crippen molar-refractivity contribution in [1.29, 1.82) is 0 Å². The van der Waals surface area contributed by atoms with Gasteiger partial charge in [-0.2, -0.15) is 0 Å². The molecular formula is C11H17NO2S. The van der Waals surface area contributed by atoms with Crippen molar-refractivity contribution in [2.75, 3.05) is 6.61 Å². The molecule has 0 aliphatic carbocycles. The standard InChI is InChI=1S/C11H17NO2S/c1-7-5-9(15-8(7)2)10(14)12-11(3,4)6-13/h5,13H,6H2,1-4H3,(H,12,14). The fraction of sp³-hybridized carbons (Fsp3) is 0.545. The summed E-state index contributed by atoms with van der Waals surface area (Å²) in [6.45, 7) is 7.49. The van der Waals surface area contributed by atoms with Gasteiger partial charge in [-0.3, -0.25) is 4.79 Å². The quantitative estimate of drug-likeness (QED) is 0.828. The van der Waals surface area contributed by atoms with E-state index in [-0.39, 0.29) is 12.5 Å². The van der Waals surface area contributed by atoms with Crippen molar-refractivity contribution in [2.24, 2.45) is 0 Å². The molecule has 0 saturated heterocycles. The van der Waals surface area contributed by atoms with Crippen molar-refractivity contribution in [2.45, 2.75) is 33.2 Å². The molecule has 0 radical (unpaired) electrons. The minimum absolute atomic E-state index is 0.0674. The zero-order valence-corrected chi connectivity index (χ0v) is 10.4. The Morgan fingerprint density at radius 2 is 2.13 bits per heavy atom. The van der Waals surface area contributed by atoms with Gasteiger partial charge in [0.1, 0.15) is 0 Å². The van der Waals surface area contributed by atoms with Crippen LogP contribution >= 0.6 is 11.3 Å². The van der Waals surface area contributed by atoms with Crippen LogP contribution in [0.1, 0.15) is 34.0 Å². The number of aliphatic hydroxyl groups excluding tert-OH is 1. The first-order valence-electron chi connectivity index (χ1n) is 4.86. The van der Waals surface area contributed by atoms with Crippen molar-refractivity contribution in [3.8, 4) is 0 Å². The number of carbonyl (C=O) groups excluding carboxylic acids is 1. The lowest BCUT2D eigenvalue weighted by Gasteiger charge is -2.22. The topological polar surface area (TPSA) is 49.3 Å². The maximum absolute atomic E-state index is 11.8. The molecule has 0 aliphatic rings. The van der Waals surface area contributed by atoms with Crippen molar-refractivity contribution in [3.05, 3.63) is 21.4 Å². The Bertz CT molecular complexity index is 349. The Morgan fingerprint density at radius 1 is 1.53 bits per heavy atom. The Morgan fingerprint density at radius 3 is 2.53 bits per heavy atom. The van der Waals surface area contributed by atoms with Crippen LogP contribution in [0, 0.1) is 13.8 Å². The number of amides is 1. The van der Waals surface area contributed by atoms with Crippen molar-refractivity contribution >= 4 is 17.2 Å². The predicted molar refractivity (Wildman–Crippen MR) is 62.4 cm³/mol. The van der Waals surface area contributed by atoms with Crippen LogP contribution in [-0.2, 0) is 0 Å². The third-order valence-corrected chi connectivity index (χ3v) is 3.39. The van der Waals surface area contributed by atoms with Gasteiger partial charge in [-0.05, 0) is 39.3 Å². The largest absolute Gasteiger partial charge is 0.394 e. The van der Waals surface area contributed by atoms with Crippen molar-refractivity contribution in [3.63, 3.8) is 0 Å². The van der Waals surface area contributed by atoms with E-state index in [4.69, 9.17) is 5.11 Å². The second kappa shape index (κ2) is 4.33. The number of nitrogens with one attached hydrogen (secondary N) is 1. The van der Waals surface area contributed by atoms with Gasteiger partial charge in [0, 0.05) is 4.88 Å². The molecule has 0 aromatic carbocycles. The molecule has 15 heavy (non-hydrogen) atoms. The molecule has 0 atom stereocenters. The van der Waals surface area contributed by atoms with Gasteiger partial charge in [0.15, 0.2) is 0 Å². The van der Waals surface area contributed by atoms with E-state index in [2.05, 4.69) is 5.32 Å². The predicted octanol–water partition coefficient (Wildman–Crippen LogP) is 1.87. The molecule has 1 aromatic rings. The minimum Gasteiger partial charge on any atom is -0.394 e. The molecule has 0 fully saturated rings. The lowest BCUT2D eigenvalue weighted by atomic mass is 10.1. The van der Waals surface area contributed by atoms with E-state index in [1.54, 1.807) is 13.8 Å². The third-order valence-electron chi connectivity index (χ3n) is 2.24. The number of hydrogen-bond acceptors (Lipinski definition) is 3. The summed E-state index contributed by atoms with van der Waals surface area (Å²) < 4.78 is 0. The van der Waals surface area contributed by atoms with E-state index < -0.39 is 5.54 Å². The highest BCUT2D eigenvalue weighted by Crippen LogP contribution is 2.20. The van der Waals surface area contributed by atoms with Crippen molar-refractivity contribution < 1.29 is 9.90 Å². The summed E-state index contributed by atoms with van der Waals surface area (Å²) in [4.78, 5) is 13.6. The Labute approximate surface area is 94.1 Å². The minimum atomic E-state index is -0.567. The van der Waals surface area contributed by atoms with E-state index in [1.807, 2.05) is 19.9 Å². The van der Waals surface area contributed by atoms with Gasteiger partial charge in [-0.15, -0.1) is 11.3 Å². The van der Waals surface area contributed by atoms with Gasteiger partial charge in [0.05, 0.1) is 17.0 Å². The SMILES string of the molecule is Cc1cc(C(=O)NC(C)(C)CO)sc1C. The zero-order valence-electron chi connectivity index (χ0n) is 9.55. The van der Waals surface area contributed by atoms with Gasteiger partial charge < -0.3 is 10.4 Å². The number of aliphatic hydroxyl groups is 1. The van der Waals surface area contributed by atoms with E-state index in [1.165, 1.54) is 11.3 Å². The molecule has 2 N–H and O–H groups in total. The molecule has 0 saturated carbocycles. The molecule has 1 amide bonds. The number of carbonyl (C=O) groups is 1. The highest BCUT2D eigenvalue weighted by atomic mass is 32.1. The fourth-order valence-electron chi connectivity index (χ4n) is 1.09. The monoisotopic (exact) mass is 227 g/mol. The second-order valence-corrected chi connectivity index (χ2v) is 5.60. The molecule has 0 unspecified atom stereocenters. The van der Waals surface area contributed by atoms with Gasteiger partial charge in [0.25, 0.3) is 5.91 Å². The molecule has 0 aliphatic heterocycles. The molecule has 84 valence electrons. The first-order valence-corrected chi connectivity index (χ1v) is 5.68. The summed E-state index contributed by atoms with van der Waals surface area (Å²) in [5.41, 5.74) is 0.565. The number of rotatable bonds is 3. The van der Waals surface area contributed by atoms with Gasteiger partial charge in [0.2, 0.25) is 0 Å². The summed E-state index contributed by atoms with van der Waals surface area (Å²) in [5.74, 6) is -0.116. The van der Waals surface area contributed by atoms with Crippen LogP contribution in [0.5, 0.6) is 0 Å². The summed E-state index contributed by atoms with van der Waals surface area (Å²) in [6.07, 6.45) is 0. The smallest absolute Gasteiger partial charge is 0.261 e. The highest BCUT2D eigenvalue weighted by molar-refractivity contribution is 7.14. The summed E-state index contributed by atoms with van der Waals surface area (Å²) in [5, 5.41) is 11.8. The maximum Gasteiger partial charge on any atom is 0.261 e. The van der Waals surface area contributed by atoms with Crippen LogP contribution in [0.2, 0.25) is 0 Å². The van der Waals surface area contributed by atoms with Crippen LogP contribution in [0.25, 0.3) is 0 Å². The maximum atomic E-state index is 11.8. The molecule has 1 aromatic heterocycles. The Balaban J connectivity index is 2.78. The average Bonchev–Trinajstić information content (AvgIpc) is 2.47. The number of aryl methyl sites for hydroxylation is 2. The zero-order chi connectivity index (χ0) is 11.6. The molecule has 4 heteroatoms. The fourth-order valence-corrected chi connectivity index (χ4v) is 2.02. The van der Waals surface area contributed by atoms with Crippen LogP contribution in [-0.4, -0.2) is 23.2 Å². The molecule has 3 nitrogen and oxygen atoms in total. The third kappa shape index (κ3) is 3.04. The molecule has 0 bridgehead atoms. The van der Waals surface area contributed by atoms with Crippen LogP contribution in [0.4, 0.5) is 0 Å². The Hall–Kier alpha value is -0.870. The summed E-state index contributed by atoms with van der Waals surface area (Å²) >= 11 is 1.48. The first-order chi connectivity index (χ1) is 6.85. The van der Waals surface area contributed by atoms with E-state index in [9.17, 15) is 4.79 Å². The normalized spacial score (nSPS) is 11.5. The second-order valence-electron chi connectivity index (χ2n) is 4.35. The van der Waals surface area contributed by atoms with Crippen LogP contribution < -0.4 is 5.32 Å². The van der Waals surface area contributed by atoms with Crippen molar-refractivity contribution in [1.82, 2.24) is 5.32 Å². The highest BCUT2D eigenvalue weighted by Gasteiger charge is 2.21. The summed E-state index contributed by atoms with van der Waals surface area (Å²) in [7, 11) is 0. The molecular weight excluding hydrogens is 210 g/mol. The lowest BCUT2D eigenvalue weighted by molar-refractivity contribution is 0.0873. The molecule has 0 spiro atoms. The number of hydrogen-bond donors (Lipinski definition) is 2. The van der Waals surface area contributed by atoms with Crippen LogP contribution in [0.3, 0.4) is 0 Å². The van der Waals surface area contributed by atoms with Gasteiger partial charge in [-0.1, -0.05) is 0 Å². The van der Waals surface area contributed by atoms with E-state index in [0.717, 1.165) is 10.4 Å². The molecule has 1 heterocycles. The lowest BCUT2D eigenvalue weighted by Crippen LogP contribution is -2.46.